The molecule has 1 fully saturated rings. The molecule has 1 aliphatic heterocycles. The molecule has 9 heteroatoms. The minimum Gasteiger partial charge on any atom is -0.339 e. The zero-order chi connectivity index (χ0) is 21.2. The topological polar surface area (TPSA) is 37.4 Å². The van der Waals surface area contributed by atoms with Gasteiger partial charge in [-0.2, -0.15) is 13.2 Å². The second-order valence-electron chi connectivity index (χ2n) is 6.63. The summed E-state index contributed by atoms with van der Waals surface area (Å²) < 4.78 is 64.3. The highest BCUT2D eigenvalue weighted by Gasteiger charge is 2.31. The third-order valence-electron chi connectivity index (χ3n) is 4.68. The third kappa shape index (κ3) is 5.35. The lowest BCUT2D eigenvalue weighted by molar-refractivity contribution is -0.0328. The van der Waals surface area contributed by atoms with Gasteiger partial charge >= 0.3 is 5.51 Å². The van der Waals surface area contributed by atoms with Gasteiger partial charge in [0.25, 0.3) is 5.91 Å². The summed E-state index contributed by atoms with van der Waals surface area (Å²) in [5.74, 6) is -2.86. The monoisotopic (exact) mass is 429 g/mol. The Hall–Kier alpha value is -2.42. The smallest absolute Gasteiger partial charge is 0.339 e. The number of ketones is 1. The van der Waals surface area contributed by atoms with Crippen LogP contribution in [0.25, 0.3) is 0 Å². The van der Waals surface area contributed by atoms with Crippen molar-refractivity contribution in [1.82, 2.24) is 4.90 Å². The Balaban J connectivity index is 1.61. The van der Waals surface area contributed by atoms with Crippen LogP contribution in [0, 0.1) is 17.6 Å². The van der Waals surface area contributed by atoms with E-state index < -0.39 is 28.8 Å². The van der Waals surface area contributed by atoms with Crippen LogP contribution in [0.2, 0.25) is 0 Å². The summed E-state index contributed by atoms with van der Waals surface area (Å²) in [7, 11) is 0. The molecule has 2 aromatic carbocycles. The first kappa shape index (κ1) is 21.3. The minimum absolute atomic E-state index is 0.0181. The molecule has 154 valence electrons. The van der Waals surface area contributed by atoms with Crippen molar-refractivity contribution < 1.29 is 31.5 Å². The Morgan fingerprint density at radius 2 is 1.59 bits per heavy atom. The second kappa shape index (κ2) is 8.52. The number of hydrogen-bond donors (Lipinski definition) is 0. The lowest BCUT2D eigenvalue weighted by atomic mass is 9.88. The van der Waals surface area contributed by atoms with Gasteiger partial charge in [-0.25, -0.2) is 8.78 Å². The molecular weight excluding hydrogens is 413 g/mol. The first-order valence-corrected chi connectivity index (χ1v) is 9.60. The fourth-order valence-electron chi connectivity index (χ4n) is 3.23. The largest absolute Gasteiger partial charge is 0.446 e. The highest BCUT2D eigenvalue weighted by molar-refractivity contribution is 8.00. The van der Waals surface area contributed by atoms with Gasteiger partial charge in [-0.05, 0) is 67.1 Å². The molecule has 29 heavy (non-hydrogen) atoms. The summed E-state index contributed by atoms with van der Waals surface area (Å²) in [6.45, 7) is 0.483. The predicted molar refractivity (Wildman–Crippen MR) is 97.7 cm³/mol. The van der Waals surface area contributed by atoms with Crippen molar-refractivity contribution in [2.24, 2.45) is 5.92 Å². The Morgan fingerprint density at radius 3 is 2.17 bits per heavy atom. The quantitative estimate of drug-likeness (QED) is 0.376. The van der Waals surface area contributed by atoms with Crippen molar-refractivity contribution >= 4 is 23.5 Å². The highest BCUT2D eigenvalue weighted by atomic mass is 32.2. The number of carbonyl (C=O) groups excluding carboxylic acids is 2. The maximum Gasteiger partial charge on any atom is 0.446 e. The number of piperidine rings is 1. The number of hydrogen-bond acceptors (Lipinski definition) is 3. The Bertz CT molecular complexity index is 906. The van der Waals surface area contributed by atoms with Gasteiger partial charge in [-0.15, -0.1) is 0 Å². The van der Waals surface area contributed by atoms with E-state index in [2.05, 4.69) is 0 Å². The van der Waals surface area contributed by atoms with E-state index in [1.165, 1.54) is 29.2 Å². The molecule has 0 aromatic heterocycles. The molecular formula is C20H16F5NO2S. The van der Waals surface area contributed by atoms with Crippen LogP contribution in [-0.2, 0) is 0 Å². The summed E-state index contributed by atoms with van der Waals surface area (Å²) in [4.78, 5) is 26.5. The number of rotatable bonds is 4. The van der Waals surface area contributed by atoms with Gasteiger partial charge in [0.05, 0.1) is 5.56 Å². The molecule has 0 unspecified atom stereocenters. The molecule has 0 radical (unpaired) electrons. The lowest BCUT2D eigenvalue weighted by Crippen LogP contribution is -2.40. The first-order chi connectivity index (χ1) is 13.6. The van der Waals surface area contributed by atoms with E-state index in [-0.39, 0.29) is 46.8 Å². The van der Waals surface area contributed by atoms with Gasteiger partial charge in [-0.3, -0.25) is 9.59 Å². The van der Waals surface area contributed by atoms with Gasteiger partial charge in [0, 0.05) is 29.5 Å². The van der Waals surface area contributed by atoms with Gasteiger partial charge in [0.15, 0.2) is 5.78 Å². The Morgan fingerprint density at radius 1 is 0.966 bits per heavy atom. The molecule has 1 heterocycles. The zero-order valence-electron chi connectivity index (χ0n) is 15.0. The maximum atomic E-state index is 13.8. The van der Waals surface area contributed by atoms with Crippen molar-refractivity contribution in [3.63, 3.8) is 0 Å². The summed E-state index contributed by atoms with van der Waals surface area (Å²) in [6.07, 6.45) is 0.588. The van der Waals surface area contributed by atoms with Crippen LogP contribution in [0.15, 0.2) is 47.4 Å². The number of likely N-dealkylation sites (tertiary alicyclic amines) is 1. The third-order valence-corrected chi connectivity index (χ3v) is 5.42. The van der Waals surface area contributed by atoms with Crippen LogP contribution in [0.3, 0.4) is 0 Å². The van der Waals surface area contributed by atoms with Gasteiger partial charge in [0.1, 0.15) is 11.6 Å². The van der Waals surface area contributed by atoms with Gasteiger partial charge < -0.3 is 4.90 Å². The van der Waals surface area contributed by atoms with Crippen LogP contribution in [0.5, 0.6) is 0 Å². The molecule has 0 aliphatic carbocycles. The molecule has 0 atom stereocenters. The summed E-state index contributed by atoms with van der Waals surface area (Å²) >= 11 is -0.259. The Labute approximate surface area is 167 Å². The molecule has 0 bridgehead atoms. The fourth-order valence-corrected chi connectivity index (χ4v) is 3.77. The minimum atomic E-state index is -4.40. The molecule has 1 aliphatic rings. The molecule has 0 spiro atoms. The average molecular weight is 429 g/mol. The first-order valence-electron chi connectivity index (χ1n) is 8.78. The number of thioether (sulfide) groups is 1. The van der Waals surface area contributed by atoms with Gasteiger partial charge in [0.2, 0.25) is 0 Å². The number of halogens is 5. The maximum absolute atomic E-state index is 13.8. The fraction of sp³-hybridized carbons (Fsp3) is 0.300. The van der Waals surface area contributed by atoms with Crippen LogP contribution in [-0.4, -0.2) is 35.2 Å². The summed E-state index contributed by atoms with van der Waals surface area (Å²) in [5.41, 5.74) is -4.45. The van der Waals surface area contributed by atoms with Crippen molar-refractivity contribution in [1.29, 1.82) is 0 Å². The second-order valence-corrected chi connectivity index (χ2v) is 7.77. The average Bonchev–Trinajstić information content (AvgIpc) is 2.68. The predicted octanol–water partition coefficient (Wildman–Crippen LogP) is 5.31. The van der Waals surface area contributed by atoms with E-state index in [0.29, 0.717) is 12.8 Å². The highest BCUT2D eigenvalue weighted by Crippen LogP contribution is 2.36. The van der Waals surface area contributed by atoms with Crippen molar-refractivity contribution in [3.8, 4) is 0 Å². The van der Waals surface area contributed by atoms with E-state index in [1.54, 1.807) is 0 Å². The van der Waals surface area contributed by atoms with E-state index in [4.69, 9.17) is 0 Å². The van der Waals surface area contributed by atoms with Gasteiger partial charge in [-0.1, -0.05) is 0 Å². The van der Waals surface area contributed by atoms with Crippen molar-refractivity contribution in [3.05, 3.63) is 65.2 Å². The number of alkyl halides is 3. The molecule has 2 aromatic rings. The van der Waals surface area contributed by atoms with Crippen LogP contribution >= 0.6 is 11.8 Å². The normalized spacial score (nSPS) is 15.4. The molecule has 1 saturated heterocycles. The number of carbonyl (C=O) groups is 2. The zero-order valence-corrected chi connectivity index (χ0v) is 15.8. The number of benzene rings is 2. The molecule has 0 saturated carbocycles. The van der Waals surface area contributed by atoms with Crippen molar-refractivity contribution in [2.75, 3.05) is 13.1 Å². The van der Waals surface area contributed by atoms with E-state index in [9.17, 15) is 31.5 Å². The standard InChI is InChI=1S/C20H16F5NO2S/c21-14-3-6-17(22)16(11-14)18(27)12-7-9-26(10-8-12)19(28)13-1-4-15(5-2-13)29-20(23,24)25/h1-6,11-12H,7-10H2. The molecule has 3 rings (SSSR count). The molecule has 3 nitrogen and oxygen atoms in total. The van der Waals surface area contributed by atoms with Crippen LogP contribution < -0.4 is 0 Å². The van der Waals surface area contributed by atoms with E-state index >= 15 is 0 Å². The number of amides is 1. The molecule has 1 amide bonds. The summed E-state index contributed by atoms with van der Waals surface area (Å²) in [5, 5.41) is 0. The SMILES string of the molecule is O=C(c1cc(F)ccc1F)C1CCN(C(=O)c2ccc(SC(F)(F)F)cc2)CC1. The van der Waals surface area contributed by atoms with Crippen LogP contribution in [0.4, 0.5) is 22.0 Å². The van der Waals surface area contributed by atoms with Crippen LogP contribution in [0.1, 0.15) is 33.6 Å². The van der Waals surface area contributed by atoms with Crippen molar-refractivity contribution in [2.45, 2.75) is 23.2 Å². The number of Topliss-reactive ketones (excluding diaryl/α,β-unsaturated/α-hetero) is 1. The van der Waals surface area contributed by atoms with E-state index in [1.807, 2.05) is 0 Å². The molecule has 0 N–H and O–H groups in total. The lowest BCUT2D eigenvalue weighted by Gasteiger charge is -2.31. The summed E-state index contributed by atoms with van der Waals surface area (Å²) in [6, 6.07) is 7.83. The number of nitrogens with zero attached hydrogens (tertiary/aromatic N) is 1. The van der Waals surface area contributed by atoms with E-state index in [0.717, 1.165) is 18.2 Å². The Kier molecular flexibility index (Phi) is 6.26.